The van der Waals surface area contributed by atoms with Crippen molar-refractivity contribution in [2.24, 2.45) is 0 Å². The SMILES string of the molecule is CN1CCN(C(=O)Cn2ccc(C(F)(F)F)n2)CCOc2ccc(N3CCOCC3)cc2Cc2cccc(c2)C1=O. The van der Waals surface area contributed by atoms with E-state index in [1.165, 1.54) is 9.80 Å². The Morgan fingerprint density at radius 1 is 0.976 bits per heavy atom. The first kappa shape index (κ1) is 28.5. The summed E-state index contributed by atoms with van der Waals surface area (Å²) in [6.45, 7) is 3.29. The first-order chi connectivity index (χ1) is 19.7. The zero-order valence-electron chi connectivity index (χ0n) is 22.8. The smallest absolute Gasteiger partial charge is 0.435 e. The second-order valence-electron chi connectivity index (χ2n) is 10.1. The van der Waals surface area contributed by atoms with Crippen LogP contribution in [0.2, 0.25) is 0 Å². The third-order valence-corrected chi connectivity index (χ3v) is 7.24. The van der Waals surface area contributed by atoms with Crippen molar-refractivity contribution in [2.45, 2.75) is 19.1 Å². The van der Waals surface area contributed by atoms with Gasteiger partial charge in [0.25, 0.3) is 5.91 Å². The number of amides is 2. The highest BCUT2D eigenvalue weighted by atomic mass is 19.4. The molecule has 0 unspecified atom stereocenters. The number of carbonyl (C=O) groups is 2. The van der Waals surface area contributed by atoms with Crippen molar-refractivity contribution < 1.29 is 32.2 Å². The van der Waals surface area contributed by atoms with Gasteiger partial charge in [-0.25, -0.2) is 0 Å². The van der Waals surface area contributed by atoms with Crippen LogP contribution in [-0.2, 0) is 28.7 Å². The number of nitrogens with zero attached hydrogens (tertiary/aromatic N) is 5. The Hall–Kier alpha value is -4.06. The van der Waals surface area contributed by atoms with Crippen LogP contribution < -0.4 is 9.64 Å². The Morgan fingerprint density at radius 2 is 1.78 bits per heavy atom. The maximum Gasteiger partial charge on any atom is 0.435 e. The quantitative estimate of drug-likeness (QED) is 0.480. The van der Waals surface area contributed by atoms with Crippen molar-refractivity contribution in [2.75, 3.05) is 64.5 Å². The van der Waals surface area contributed by atoms with Crippen LogP contribution in [0.25, 0.3) is 0 Å². The standard InChI is InChI=1S/C29H32F3N5O4/c1-34-9-10-36(27(38)20-37-8-7-26(33-37)29(30,31)32)13-16-41-25-6-5-24(35-11-14-40-15-12-35)19-23(25)18-21-3-2-4-22(17-21)28(34)39/h2-8,17,19H,9-16,18,20H2,1H3. The number of rotatable bonds is 3. The van der Waals surface area contributed by atoms with Crippen LogP contribution in [-0.4, -0.2) is 91.0 Å². The van der Waals surface area contributed by atoms with Gasteiger partial charge in [-0.2, -0.15) is 18.3 Å². The fourth-order valence-electron chi connectivity index (χ4n) is 4.96. The molecule has 5 rings (SSSR count). The van der Waals surface area contributed by atoms with Crippen LogP contribution in [0.3, 0.4) is 0 Å². The van der Waals surface area contributed by atoms with Crippen molar-refractivity contribution in [3.63, 3.8) is 0 Å². The molecule has 0 N–H and O–H groups in total. The highest BCUT2D eigenvalue weighted by Gasteiger charge is 2.33. The summed E-state index contributed by atoms with van der Waals surface area (Å²) >= 11 is 0. The number of fused-ring (bicyclic) bond motifs is 3. The van der Waals surface area contributed by atoms with Gasteiger partial charge >= 0.3 is 6.18 Å². The lowest BCUT2D eigenvalue weighted by molar-refractivity contribution is -0.142. The van der Waals surface area contributed by atoms with Crippen molar-refractivity contribution in [3.8, 4) is 5.75 Å². The lowest BCUT2D eigenvalue weighted by Gasteiger charge is -2.30. The Labute approximate surface area is 236 Å². The minimum absolute atomic E-state index is 0.167. The number of likely N-dealkylation sites (N-methyl/N-ethyl adjacent to an activating group) is 1. The fraction of sp³-hybridized carbons (Fsp3) is 0.414. The summed E-state index contributed by atoms with van der Waals surface area (Å²) in [4.78, 5) is 31.7. The average Bonchev–Trinajstić information content (AvgIpc) is 3.44. The zero-order valence-corrected chi connectivity index (χ0v) is 22.8. The van der Waals surface area contributed by atoms with Gasteiger partial charge in [-0.1, -0.05) is 12.1 Å². The first-order valence-electron chi connectivity index (χ1n) is 13.5. The van der Waals surface area contributed by atoms with Gasteiger partial charge in [-0.15, -0.1) is 0 Å². The predicted octanol–water partition coefficient (Wildman–Crippen LogP) is 3.32. The van der Waals surface area contributed by atoms with Gasteiger partial charge in [0.1, 0.15) is 18.9 Å². The van der Waals surface area contributed by atoms with Crippen molar-refractivity contribution in [1.29, 1.82) is 0 Å². The van der Waals surface area contributed by atoms with Gasteiger partial charge in [-0.05, 0) is 42.0 Å². The van der Waals surface area contributed by atoms with Gasteiger partial charge in [0.2, 0.25) is 5.91 Å². The number of alkyl halides is 3. The van der Waals surface area contributed by atoms with Gasteiger partial charge in [0, 0.05) is 62.7 Å². The van der Waals surface area contributed by atoms with E-state index in [2.05, 4.69) is 16.1 Å². The predicted molar refractivity (Wildman–Crippen MR) is 145 cm³/mol. The first-order valence-corrected chi connectivity index (χ1v) is 13.5. The third-order valence-electron chi connectivity index (χ3n) is 7.24. The van der Waals surface area contributed by atoms with E-state index in [0.717, 1.165) is 46.8 Å². The van der Waals surface area contributed by atoms with E-state index in [4.69, 9.17) is 9.47 Å². The zero-order chi connectivity index (χ0) is 29.0. The third kappa shape index (κ3) is 6.99. The molecule has 0 radical (unpaired) electrons. The molecule has 2 aromatic carbocycles. The highest BCUT2D eigenvalue weighted by molar-refractivity contribution is 5.94. The normalized spacial score (nSPS) is 17.1. The monoisotopic (exact) mass is 571 g/mol. The van der Waals surface area contributed by atoms with Crippen molar-refractivity contribution >= 4 is 17.5 Å². The molecular weight excluding hydrogens is 539 g/mol. The number of carbonyl (C=O) groups excluding carboxylic acids is 2. The van der Waals surface area contributed by atoms with E-state index in [0.29, 0.717) is 30.9 Å². The van der Waals surface area contributed by atoms with Crippen LogP contribution in [0.1, 0.15) is 27.2 Å². The average molecular weight is 572 g/mol. The summed E-state index contributed by atoms with van der Waals surface area (Å²) in [5.41, 5.74) is 2.44. The molecule has 2 amide bonds. The molecular formula is C29H32F3N5O4. The second-order valence-corrected chi connectivity index (χ2v) is 10.1. The molecule has 1 saturated heterocycles. The number of hydrogen-bond donors (Lipinski definition) is 0. The number of morpholine rings is 1. The minimum Gasteiger partial charge on any atom is -0.491 e. The Bertz CT molecular complexity index is 1390. The van der Waals surface area contributed by atoms with Gasteiger partial charge in [-0.3, -0.25) is 14.3 Å². The minimum atomic E-state index is -4.60. The van der Waals surface area contributed by atoms with E-state index < -0.39 is 17.8 Å². The van der Waals surface area contributed by atoms with Crippen LogP contribution in [0.4, 0.5) is 18.9 Å². The van der Waals surface area contributed by atoms with Crippen LogP contribution in [0.15, 0.2) is 54.7 Å². The molecule has 218 valence electrons. The van der Waals surface area contributed by atoms with E-state index in [1.54, 1.807) is 13.1 Å². The largest absolute Gasteiger partial charge is 0.491 e. The van der Waals surface area contributed by atoms with Crippen molar-refractivity contribution in [3.05, 3.63) is 77.1 Å². The summed E-state index contributed by atoms with van der Waals surface area (Å²) in [6.07, 6.45) is -2.92. The Balaban J connectivity index is 1.40. The lowest BCUT2D eigenvalue weighted by atomic mass is 10.0. The maximum absolute atomic E-state index is 13.2. The molecule has 0 saturated carbocycles. The second kappa shape index (κ2) is 12.2. The maximum atomic E-state index is 13.2. The molecule has 41 heavy (non-hydrogen) atoms. The van der Waals surface area contributed by atoms with E-state index in [1.807, 2.05) is 30.3 Å². The number of ether oxygens (including phenoxy) is 2. The number of benzene rings is 2. The molecule has 0 spiro atoms. The number of hydrogen-bond acceptors (Lipinski definition) is 6. The van der Waals surface area contributed by atoms with Gasteiger partial charge in [0.15, 0.2) is 5.69 Å². The summed E-state index contributed by atoms with van der Waals surface area (Å²) < 4.78 is 51.6. The van der Waals surface area contributed by atoms with E-state index in [9.17, 15) is 22.8 Å². The highest BCUT2D eigenvalue weighted by Crippen LogP contribution is 2.29. The molecule has 2 aliphatic heterocycles. The molecule has 3 aromatic rings. The molecule has 9 nitrogen and oxygen atoms in total. The summed E-state index contributed by atoms with van der Waals surface area (Å²) in [6, 6.07) is 14.3. The van der Waals surface area contributed by atoms with Crippen LogP contribution >= 0.6 is 0 Å². The molecule has 0 atom stereocenters. The molecule has 12 heteroatoms. The Morgan fingerprint density at radius 3 is 2.54 bits per heavy atom. The fourth-order valence-corrected chi connectivity index (χ4v) is 4.96. The number of halogens is 3. The Kier molecular flexibility index (Phi) is 8.48. The van der Waals surface area contributed by atoms with E-state index in [-0.39, 0.29) is 38.7 Å². The number of aromatic nitrogens is 2. The lowest BCUT2D eigenvalue weighted by Crippen LogP contribution is -2.42. The number of anilines is 1. The molecule has 1 aromatic heterocycles. The van der Waals surface area contributed by atoms with E-state index >= 15 is 0 Å². The summed E-state index contributed by atoms with van der Waals surface area (Å²) in [7, 11) is 1.66. The summed E-state index contributed by atoms with van der Waals surface area (Å²) in [5.74, 6) is 0.0576. The summed E-state index contributed by atoms with van der Waals surface area (Å²) in [5, 5.41) is 3.50. The topological polar surface area (TPSA) is 80.1 Å². The molecule has 3 heterocycles. The molecule has 1 fully saturated rings. The van der Waals surface area contributed by atoms with Gasteiger partial charge in [0.05, 0.1) is 19.8 Å². The molecule has 2 bridgehead atoms. The molecule has 0 aliphatic carbocycles. The van der Waals surface area contributed by atoms with Crippen LogP contribution in [0.5, 0.6) is 5.75 Å². The molecule has 2 aliphatic rings. The van der Waals surface area contributed by atoms with Crippen LogP contribution in [0, 0.1) is 0 Å². The van der Waals surface area contributed by atoms with Gasteiger partial charge < -0.3 is 24.2 Å². The van der Waals surface area contributed by atoms with Crippen molar-refractivity contribution in [1.82, 2.24) is 19.6 Å².